The Kier molecular flexibility index (Phi) is 3.94. The Labute approximate surface area is 123 Å². The van der Waals surface area contributed by atoms with Gasteiger partial charge in [-0.3, -0.25) is 4.90 Å². The van der Waals surface area contributed by atoms with Gasteiger partial charge < -0.3 is 20.9 Å². The molecule has 0 saturated carbocycles. The van der Waals surface area contributed by atoms with Crippen LogP contribution in [0.3, 0.4) is 0 Å². The number of nitrogen functional groups attached to an aromatic ring is 1. The van der Waals surface area contributed by atoms with Crippen molar-refractivity contribution in [1.82, 2.24) is 9.88 Å². The lowest BCUT2D eigenvalue weighted by atomic mass is 10.2. The third-order valence-electron chi connectivity index (χ3n) is 4.18. The molecule has 2 saturated heterocycles. The summed E-state index contributed by atoms with van der Waals surface area (Å²) in [5.74, 6) is -0.645. The second kappa shape index (κ2) is 5.87. The highest BCUT2D eigenvalue weighted by Crippen LogP contribution is 2.24. The molecule has 2 fully saturated rings. The third-order valence-corrected chi connectivity index (χ3v) is 4.18. The second-order valence-corrected chi connectivity index (χ2v) is 5.55. The lowest BCUT2D eigenvalue weighted by Gasteiger charge is -2.35. The van der Waals surface area contributed by atoms with Gasteiger partial charge in [0.25, 0.3) is 0 Å². The van der Waals surface area contributed by atoms with Gasteiger partial charge in [0.2, 0.25) is 0 Å². The van der Waals surface area contributed by atoms with Crippen molar-refractivity contribution in [2.75, 3.05) is 37.3 Å². The van der Waals surface area contributed by atoms with Crippen LogP contribution < -0.4 is 11.1 Å². The molecule has 0 spiro atoms. The van der Waals surface area contributed by atoms with E-state index < -0.39 is 5.97 Å². The Balaban J connectivity index is 1.60. The van der Waals surface area contributed by atoms with Gasteiger partial charge in [0, 0.05) is 25.3 Å². The first-order chi connectivity index (χ1) is 10.1. The van der Waals surface area contributed by atoms with Crippen LogP contribution in [0, 0.1) is 0 Å². The normalized spacial score (nSPS) is 25.5. The molecule has 7 heteroatoms. The van der Waals surface area contributed by atoms with Crippen molar-refractivity contribution >= 4 is 17.5 Å². The number of ether oxygens (including phenoxy) is 1. The van der Waals surface area contributed by atoms with Crippen LogP contribution in [0.15, 0.2) is 12.3 Å². The Morgan fingerprint density at radius 3 is 3.29 bits per heavy atom. The number of morpholine rings is 1. The van der Waals surface area contributed by atoms with E-state index in [2.05, 4.69) is 15.2 Å². The lowest BCUT2D eigenvalue weighted by Crippen LogP contribution is -2.48. The van der Waals surface area contributed by atoms with Gasteiger partial charge in [-0.25, -0.2) is 9.78 Å². The number of aromatic nitrogens is 1. The fourth-order valence-electron chi connectivity index (χ4n) is 3.02. The van der Waals surface area contributed by atoms with Crippen LogP contribution in [0.25, 0.3) is 0 Å². The van der Waals surface area contributed by atoms with Crippen LogP contribution in [0.1, 0.15) is 23.2 Å². The molecule has 0 radical (unpaired) electrons. The van der Waals surface area contributed by atoms with Gasteiger partial charge in [0.1, 0.15) is 5.82 Å². The number of hydrogen-bond acceptors (Lipinski definition) is 6. The van der Waals surface area contributed by atoms with Crippen LogP contribution in [0.4, 0.5) is 11.5 Å². The van der Waals surface area contributed by atoms with Crippen molar-refractivity contribution in [3.8, 4) is 0 Å². The highest BCUT2D eigenvalue weighted by atomic mass is 16.5. The molecule has 2 aliphatic heterocycles. The minimum absolute atomic E-state index is 0.0664. The van der Waals surface area contributed by atoms with Gasteiger partial charge in [-0.1, -0.05) is 0 Å². The van der Waals surface area contributed by atoms with Gasteiger partial charge in [0.05, 0.1) is 24.0 Å². The maximum atomic E-state index is 11.0. The van der Waals surface area contributed by atoms with Crippen molar-refractivity contribution in [3.63, 3.8) is 0 Å². The quantitative estimate of drug-likeness (QED) is 0.748. The second-order valence-electron chi connectivity index (χ2n) is 5.55. The number of carbonyl (C=O) groups is 1. The summed E-state index contributed by atoms with van der Waals surface area (Å²) in [6.07, 6.45) is 3.98. The molecule has 1 aromatic heterocycles. The van der Waals surface area contributed by atoms with Gasteiger partial charge in [-0.2, -0.15) is 0 Å². The first-order valence-corrected chi connectivity index (χ1v) is 7.22. The fraction of sp³-hybridized carbons (Fsp3) is 0.571. The number of pyridine rings is 1. The van der Waals surface area contributed by atoms with Crippen LogP contribution in [0.2, 0.25) is 0 Å². The standard InChI is InChI=1S/C14H20N4O3/c15-12-11(14(19)20)3-4-16-13(12)17-6-10-7-18-5-1-2-9(18)8-21-10/h3-4,9-10H,1-2,5-8,15H2,(H,16,17)(H,19,20). The van der Waals surface area contributed by atoms with E-state index in [1.807, 2.05) is 0 Å². The lowest BCUT2D eigenvalue weighted by molar-refractivity contribution is -0.0415. The van der Waals surface area contributed by atoms with Crippen LogP contribution in [-0.4, -0.2) is 59.3 Å². The van der Waals surface area contributed by atoms with E-state index in [0.717, 1.165) is 19.7 Å². The van der Waals surface area contributed by atoms with E-state index in [0.29, 0.717) is 18.4 Å². The van der Waals surface area contributed by atoms with Crippen LogP contribution in [0.5, 0.6) is 0 Å². The zero-order valence-electron chi connectivity index (χ0n) is 11.8. The van der Waals surface area contributed by atoms with E-state index in [1.165, 1.54) is 25.1 Å². The number of rotatable bonds is 4. The summed E-state index contributed by atoms with van der Waals surface area (Å²) < 4.78 is 5.84. The average Bonchev–Trinajstić information content (AvgIpc) is 2.93. The zero-order chi connectivity index (χ0) is 14.8. The van der Waals surface area contributed by atoms with Gasteiger partial charge in [-0.05, 0) is 25.5 Å². The molecule has 21 heavy (non-hydrogen) atoms. The molecule has 0 amide bonds. The number of aromatic carboxylic acids is 1. The largest absolute Gasteiger partial charge is 0.478 e. The fourth-order valence-corrected chi connectivity index (χ4v) is 3.02. The number of anilines is 2. The van der Waals surface area contributed by atoms with Crippen LogP contribution in [-0.2, 0) is 4.74 Å². The molecule has 2 atom stereocenters. The summed E-state index contributed by atoms with van der Waals surface area (Å²) >= 11 is 0. The summed E-state index contributed by atoms with van der Waals surface area (Å²) in [7, 11) is 0. The Bertz CT molecular complexity index is 537. The molecule has 2 unspecified atom stereocenters. The Hall–Kier alpha value is -1.86. The summed E-state index contributed by atoms with van der Waals surface area (Å²) in [5.41, 5.74) is 6.06. The van der Waals surface area contributed by atoms with Gasteiger partial charge in [-0.15, -0.1) is 0 Å². The molecular formula is C14H20N4O3. The number of fused-ring (bicyclic) bond motifs is 1. The summed E-state index contributed by atoms with van der Waals surface area (Å²) in [6, 6.07) is 1.97. The number of carboxylic acids is 1. The maximum Gasteiger partial charge on any atom is 0.337 e. The van der Waals surface area contributed by atoms with E-state index in [9.17, 15) is 4.79 Å². The molecule has 114 valence electrons. The number of hydrogen-bond donors (Lipinski definition) is 3. The minimum Gasteiger partial charge on any atom is -0.478 e. The molecule has 3 rings (SSSR count). The summed E-state index contributed by atoms with van der Waals surface area (Å²) in [6.45, 7) is 3.38. The number of nitrogens with one attached hydrogen (secondary N) is 1. The minimum atomic E-state index is -1.05. The smallest absolute Gasteiger partial charge is 0.337 e. The van der Waals surface area contributed by atoms with Gasteiger partial charge >= 0.3 is 5.97 Å². The first kappa shape index (κ1) is 14.1. The summed E-state index contributed by atoms with van der Waals surface area (Å²) in [4.78, 5) is 17.6. The average molecular weight is 292 g/mol. The van der Waals surface area contributed by atoms with Crippen molar-refractivity contribution < 1.29 is 14.6 Å². The van der Waals surface area contributed by atoms with E-state index in [1.54, 1.807) is 0 Å². The highest BCUT2D eigenvalue weighted by molar-refractivity contribution is 5.96. The molecule has 0 aliphatic carbocycles. The molecule has 0 aromatic carbocycles. The molecule has 4 N–H and O–H groups in total. The predicted octanol–water partition coefficient (Wildman–Crippen LogP) is 0.637. The van der Waals surface area contributed by atoms with E-state index in [-0.39, 0.29) is 17.4 Å². The van der Waals surface area contributed by atoms with Crippen molar-refractivity contribution in [2.24, 2.45) is 0 Å². The maximum absolute atomic E-state index is 11.0. The number of nitrogens with two attached hydrogens (primary N) is 1. The molecule has 7 nitrogen and oxygen atoms in total. The monoisotopic (exact) mass is 292 g/mol. The van der Waals surface area contributed by atoms with Crippen LogP contribution >= 0.6 is 0 Å². The SMILES string of the molecule is Nc1c(C(=O)O)ccnc1NCC1CN2CCCC2CO1. The molecule has 2 aliphatic rings. The Morgan fingerprint density at radius 1 is 1.62 bits per heavy atom. The molecular weight excluding hydrogens is 272 g/mol. The zero-order valence-corrected chi connectivity index (χ0v) is 11.8. The topological polar surface area (TPSA) is 101 Å². The third kappa shape index (κ3) is 2.93. The van der Waals surface area contributed by atoms with E-state index in [4.69, 9.17) is 15.6 Å². The first-order valence-electron chi connectivity index (χ1n) is 7.22. The summed E-state index contributed by atoms with van der Waals surface area (Å²) in [5, 5.41) is 12.1. The number of carboxylic acid groups (broad SMARTS) is 1. The molecule has 3 heterocycles. The van der Waals surface area contributed by atoms with Gasteiger partial charge in [0.15, 0.2) is 0 Å². The molecule has 0 bridgehead atoms. The van der Waals surface area contributed by atoms with Crippen molar-refractivity contribution in [3.05, 3.63) is 17.8 Å². The number of nitrogens with zero attached hydrogens (tertiary/aromatic N) is 2. The predicted molar refractivity (Wildman–Crippen MR) is 78.4 cm³/mol. The highest BCUT2D eigenvalue weighted by Gasteiger charge is 2.32. The Morgan fingerprint density at radius 2 is 2.48 bits per heavy atom. The molecule has 1 aromatic rings. The van der Waals surface area contributed by atoms with Crippen molar-refractivity contribution in [1.29, 1.82) is 0 Å². The van der Waals surface area contributed by atoms with Crippen molar-refractivity contribution in [2.45, 2.75) is 25.0 Å². The van der Waals surface area contributed by atoms with E-state index >= 15 is 0 Å².